The molecule has 1 amide bonds. The summed E-state index contributed by atoms with van der Waals surface area (Å²) in [4.78, 5) is 28.9. The lowest BCUT2D eigenvalue weighted by molar-refractivity contribution is -0.132. The number of nitrogens with zero attached hydrogens (tertiary/aromatic N) is 3. The van der Waals surface area contributed by atoms with E-state index in [0.29, 0.717) is 58.3 Å². The summed E-state index contributed by atoms with van der Waals surface area (Å²) >= 11 is 2.72. The Balaban J connectivity index is 1.25. The second-order valence-electron chi connectivity index (χ2n) is 11.0. The number of ketones is 1. The molecule has 1 saturated heterocycles. The first-order valence-corrected chi connectivity index (χ1v) is 16.7. The van der Waals surface area contributed by atoms with Crippen LogP contribution in [0.5, 0.6) is 17.2 Å². The number of rotatable bonds is 9. The molecule has 11 heteroatoms. The molecule has 5 aromatic rings. The summed E-state index contributed by atoms with van der Waals surface area (Å²) in [5, 5.41) is 20.6. The third-order valence-corrected chi connectivity index (χ3v) is 9.89. The number of amides is 1. The average molecular weight is 664 g/mol. The average Bonchev–Trinajstić information content (AvgIpc) is 3.68. The molecule has 47 heavy (non-hydrogen) atoms. The summed E-state index contributed by atoms with van der Waals surface area (Å²) in [7, 11) is 0. The van der Waals surface area contributed by atoms with E-state index in [1.54, 1.807) is 36.4 Å². The van der Waals surface area contributed by atoms with Gasteiger partial charge in [0.1, 0.15) is 31.3 Å². The highest BCUT2D eigenvalue weighted by atomic mass is 32.2. The van der Waals surface area contributed by atoms with Crippen molar-refractivity contribution < 1.29 is 28.9 Å². The van der Waals surface area contributed by atoms with Crippen molar-refractivity contribution in [1.29, 1.82) is 0 Å². The zero-order valence-corrected chi connectivity index (χ0v) is 26.9. The minimum absolute atomic E-state index is 0.0732. The number of carbonyl (C=O) groups is 2. The van der Waals surface area contributed by atoms with Gasteiger partial charge in [-0.25, -0.2) is 0 Å². The number of aliphatic hydroxyl groups is 1. The maximum atomic E-state index is 13.8. The van der Waals surface area contributed by atoms with Crippen molar-refractivity contribution in [1.82, 2.24) is 10.2 Å². The van der Waals surface area contributed by atoms with E-state index in [2.05, 4.69) is 34.5 Å². The van der Waals surface area contributed by atoms with Crippen LogP contribution in [0.2, 0.25) is 0 Å². The lowest BCUT2D eigenvalue weighted by Crippen LogP contribution is -2.29. The van der Waals surface area contributed by atoms with Gasteiger partial charge < -0.3 is 19.3 Å². The number of fused-ring (bicyclic) bond motifs is 1. The van der Waals surface area contributed by atoms with Gasteiger partial charge in [0.2, 0.25) is 5.13 Å². The van der Waals surface area contributed by atoms with Crippen molar-refractivity contribution in [2.24, 2.45) is 0 Å². The van der Waals surface area contributed by atoms with Crippen LogP contribution in [0, 0.1) is 6.92 Å². The summed E-state index contributed by atoms with van der Waals surface area (Å²) in [5.41, 5.74) is 4.11. The molecule has 2 aliphatic rings. The number of aliphatic hydroxyl groups excluding tert-OH is 1. The molecular weight excluding hydrogens is 635 g/mol. The van der Waals surface area contributed by atoms with Crippen LogP contribution in [0.4, 0.5) is 5.13 Å². The van der Waals surface area contributed by atoms with Gasteiger partial charge in [-0.15, -0.1) is 10.2 Å². The maximum absolute atomic E-state index is 13.8. The molecule has 1 N–H and O–H groups in total. The van der Waals surface area contributed by atoms with Crippen LogP contribution in [-0.2, 0) is 21.9 Å². The Kier molecular flexibility index (Phi) is 8.64. The summed E-state index contributed by atoms with van der Waals surface area (Å²) < 4.78 is 18.1. The van der Waals surface area contributed by atoms with Crippen LogP contribution in [-0.4, -0.2) is 40.2 Å². The van der Waals surface area contributed by atoms with Gasteiger partial charge in [0.25, 0.3) is 5.78 Å². The fourth-order valence-corrected chi connectivity index (χ4v) is 7.22. The second-order valence-corrected chi connectivity index (χ2v) is 13.2. The molecule has 0 aliphatic carbocycles. The SMILES string of the molecule is Cc1ccc(CSc2nnc(N3C(=O)C(=O)/C(=C(/O)c4ccc5c(c4)OCCO5)[C@H]3c3cccc(OCc4ccccc4)c3)s2)cc1. The highest BCUT2D eigenvalue weighted by molar-refractivity contribution is 8.00. The number of thioether (sulfide) groups is 1. The van der Waals surface area contributed by atoms with Gasteiger partial charge in [-0.2, -0.15) is 0 Å². The highest BCUT2D eigenvalue weighted by Crippen LogP contribution is 2.45. The number of Topliss-reactive ketones (excluding diaryl/α,β-unsaturated/α-hetero) is 1. The summed E-state index contributed by atoms with van der Waals surface area (Å²) in [6, 6.07) is 29.1. The fraction of sp³-hybridized carbons (Fsp3) is 0.167. The Labute approximate surface area is 279 Å². The molecule has 2 aliphatic heterocycles. The predicted molar refractivity (Wildman–Crippen MR) is 180 cm³/mol. The van der Waals surface area contributed by atoms with Crippen molar-refractivity contribution in [3.8, 4) is 17.2 Å². The molecule has 0 radical (unpaired) electrons. The van der Waals surface area contributed by atoms with Gasteiger partial charge in [-0.1, -0.05) is 95.4 Å². The van der Waals surface area contributed by atoms with Crippen LogP contribution < -0.4 is 19.1 Å². The summed E-state index contributed by atoms with van der Waals surface area (Å²) in [6.07, 6.45) is 0. The monoisotopic (exact) mass is 663 g/mol. The molecule has 236 valence electrons. The van der Waals surface area contributed by atoms with E-state index in [1.165, 1.54) is 33.6 Å². The minimum atomic E-state index is -0.994. The summed E-state index contributed by atoms with van der Waals surface area (Å²) in [6.45, 7) is 3.15. The normalized spacial score (nSPS) is 16.8. The van der Waals surface area contributed by atoms with E-state index in [0.717, 1.165) is 11.1 Å². The van der Waals surface area contributed by atoms with Crippen LogP contribution >= 0.6 is 23.1 Å². The molecule has 7 rings (SSSR count). The van der Waals surface area contributed by atoms with Crippen LogP contribution in [0.25, 0.3) is 5.76 Å². The molecule has 1 fully saturated rings. The maximum Gasteiger partial charge on any atom is 0.301 e. The molecule has 0 saturated carbocycles. The lowest BCUT2D eigenvalue weighted by atomic mass is 9.95. The number of anilines is 1. The topological polar surface area (TPSA) is 111 Å². The van der Waals surface area contributed by atoms with Crippen molar-refractivity contribution in [2.75, 3.05) is 18.1 Å². The largest absolute Gasteiger partial charge is 0.507 e. The van der Waals surface area contributed by atoms with Crippen molar-refractivity contribution in [2.45, 2.75) is 29.7 Å². The van der Waals surface area contributed by atoms with Crippen molar-refractivity contribution in [3.63, 3.8) is 0 Å². The zero-order valence-electron chi connectivity index (χ0n) is 25.3. The fourth-order valence-electron chi connectivity index (χ4n) is 5.39. The van der Waals surface area contributed by atoms with Crippen molar-refractivity contribution in [3.05, 3.63) is 130 Å². The van der Waals surface area contributed by atoms with E-state index in [-0.39, 0.29) is 16.5 Å². The molecule has 0 unspecified atom stereocenters. The van der Waals surface area contributed by atoms with E-state index in [4.69, 9.17) is 14.2 Å². The predicted octanol–water partition coefficient (Wildman–Crippen LogP) is 7.12. The third kappa shape index (κ3) is 6.45. The van der Waals surface area contributed by atoms with Crippen LogP contribution in [0.1, 0.15) is 33.9 Å². The standard InChI is InChI=1S/C36H29N3O6S2/c1-22-10-12-24(13-11-22)21-46-36-38-37-35(47-36)39-31(25-8-5-9-27(18-25)45-20-23-6-3-2-4-7-23)30(33(41)34(39)42)32(40)26-14-15-28-29(19-26)44-17-16-43-28/h2-15,18-19,31,40H,16-17,20-21H2,1H3/b32-30+/t31-/m1/s1. The van der Waals surface area contributed by atoms with Crippen LogP contribution in [0.15, 0.2) is 107 Å². The number of benzene rings is 4. The first-order chi connectivity index (χ1) is 22.9. The molecule has 1 aromatic heterocycles. The Hall–Kier alpha value is -5.13. The van der Waals surface area contributed by atoms with Gasteiger partial charge in [-0.3, -0.25) is 14.5 Å². The number of ether oxygens (including phenoxy) is 3. The van der Waals surface area contributed by atoms with E-state index in [1.807, 2.05) is 43.3 Å². The summed E-state index contributed by atoms with van der Waals surface area (Å²) in [5.74, 6) is 0.226. The molecule has 0 spiro atoms. The Morgan fingerprint density at radius 3 is 2.51 bits per heavy atom. The molecule has 4 aromatic carbocycles. The van der Waals surface area contributed by atoms with Crippen LogP contribution in [0.3, 0.4) is 0 Å². The Morgan fingerprint density at radius 1 is 0.915 bits per heavy atom. The molecule has 9 nitrogen and oxygen atoms in total. The van der Waals surface area contributed by atoms with E-state index in [9.17, 15) is 14.7 Å². The number of carbonyl (C=O) groups excluding carboxylic acids is 2. The molecule has 0 bridgehead atoms. The first-order valence-electron chi connectivity index (χ1n) is 14.9. The van der Waals surface area contributed by atoms with E-state index < -0.39 is 17.7 Å². The number of hydrogen-bond donors (Lipinski definition) is 1. The van der Waals surface area contributed by atoms with Gasteiger partial charge in [0, 0.05) is 11.3 Å². The lowest BCUT2D eigenvalue weighted by Gasteiger charge is -2.23. The van der Waals surface area contributed by atoms with Gasteiger partial charge in [0.05, 0.1) is 11.6 Å². The number of aromatic nitrogens is 2. The number of aryl methyl sites for hydroxylation is 1. The molecule has 3 heterocycles. The Morgan fingerprint density at radius 2 is 1.70 bits per heavy atom. The molecule has 1 atom stereocenters. The Bertz CT molecular complexity index is 1980. The van der Waals surface area contributed by atoms with E-state index >= 15 is 0 Å². The number of hydrogen-bond acceptors (Lipinski definition) is 10. The highest BCUT2D eigenvalue weighted by Gasteiger charge is 2.48. The second kappa shape index (κ2) is 13.3. The minimum Gasteiger partial charge on any atom is -0.507 e. The van der Waals surface area contributed by atoms with Gasteiger partial charge >= 0.3 is 5.91 Å². The molecular formula is C36H29N3O6S2. The first kappa shape index (κ1) is 30.5. The zero-order chi connectivity index (χ0) is 32.3. The van der Waals surface area contributed by atoms with Crippen molar-refractivity contribution >= 4 is 45.7 Å². The van der Waals surface area contributed by atoms with Gasteiger partial charge in [-0.05, 0) is 53.9 Å². The van der Waals surface area contributed by atoms with Gasteiger partial charge in [0.15, 0.2) is 15.8 Å². The smallest absolute Gasteiger partial charge is 0.301 e. The quantitative estimate of drug-likeness (QED) is 0.0580. The third-order valence-electron chi connectivity index (χ3n) is 7.77.